The number of rotatable bonds is 1. The van der Waals surface area contributed by atoms with Crippen LogP contribution in [0.4, 0.5) is 0 Å². The summed E-state index contributed by atoms with van der Waals surface area (Å²) in [6, 6.07) is 5.15. The lowest BCUT2D eigenvalue weighted by Gasteiger charge is -2.04. The van der Waals surface area contributed by atoms with E-state index in [4.69, 9.17) is 23.2 Å². The standard InChI is InChI=1S/C8H8Cl2O/c1-5-2-3-7(11)6(4-5)8(9)10/h2-4,8,11H,1H3. The van der Waals surface area contributed by atoms with E-state index in [1.54, 1.807) is 18.2 Å². The molecule has 0 spiro atoms. The van der Waals surface area contributed by atoms with E-state index in [9.17, 15) is 5.11 Å². The van der Waals surface area contributed by atoms with E-state index >= 15 is 0 Å². The third-order valence-electron chi connectivity index (χ3n) is 1.42. The molecule has 0 aliphatic heterocycles. The van der Waals surface area contributed by atoms with Gasteiger partial charge in [-0.05, 0) is 19.1 Å². The number of phenols is 1. The molecule has 0 unspecified atom stereocenters. The Kier molecular flexibility index (Phi) is 2.63. The molecule has 60 valence electrons. The van der Waals surface area contributed by atoms with Gasteiger partial charge in [0.25, 0.3) is 0 Å². The van der Waals surface area contributed by atoms with Crippen LogP contribution in [0.2, 0.25) is 0 Å². The van der Waals surface area contributed by atoms with E-state index in [1.165, 1.54) is 0 Å². The van der Waals surface area contributed by atoms with E-state index in [-0.39, 0.29) is 5.75 Å². The molecule has 0 atom stereocenters. The molecule has 1 N–H and O–H groups in total. The topological polar surface area (TPSA) is 20.2 Å². The van der Waals surface area contributed by atoms with Crippen molar-refractivity contribution < 1.29 is 5.11 Å². The number of hydrogen-bond donors (Lipinski definition) is 1. The third-order valence-corrected chi connectivity index (χ3v) is 1.89. The SMILES string of the molecule is Cc1ccc(O)c(C(Cl)Cl)c1. The van der Waals surface area contributed by atoms with Gasteiger partial charge >= 0.3 is 0 Å². The summed E-state index contributed by atoms with van der Waals surface area (Å²) >= 11 is 11.2. The summed E-state index contributed by atoms with van der Waals surface area (Å²) in [6.07, 6.45) is 0. The fourth-order valence-electron chi connectivity index (χ4n) is 0.849. The van der Waals surface area contributed by atoms with Crippen molar-refractivity contribution in [3.63, 3.8) is 0 Å². The monoisotopic (exact) mass is 190 g/mol. The van der Waals surface area contributed by atoms with Gasteiger partial charge in [0, 0.05) is 5.56 Å². The molecule has 3 heteroatoms. The Hall–Kier alpha value is -0.400. The van der Waals surface area contributed by atoms with Crippen LogP contribution in [0.5, 0.6) is 5.75 Å². The predicted molar refractivity (Wildman–Crippen MR) is 47.3 cm³/mol. The Balaban J connectivity index is 3.13. The summed E-state index contributed by atoms with van der Waals surface area (Å²) in [5.74, 6) is 0.144. The minimum Gasteiger partial charge on any atom is -0.508 e. The molecule has 1 aromatic rings. The van der Waals surface area contributed by atoms with Crippen molar-refractivity contribution in [1.29, 1.82) is 0 Å². The molecular weight excluding hydrogens is 183 g/mol. The van der Waals surface area contributed by atoms with Gasteiger partial charge in [-0.3, -0.25) is 0 Å². The smallest absolute Gasteiger partial charge is 0.136 e. The van der Waals surface area contributed by atoms with Gasteiger partial charge in [-0.2, -0.15) is 0 Å². The van der Waals surface area contributed by atoms with Gasteiger partial charge in [0.1, 0.15) is 10.6 Å². The van der Waals surface area contributed by atoms with Crippen molar-refractivity contribution in [2.45, 2.75) is 11.8 Å². The van der Waals surface area contributed by atoms with Crippen molar-refractivity contribution in [2.24, 2.45) is 0 Å². The number of alkyl halides is 2. The molecule has 0 aromatic heterocycles. The van der Waals surface area contributed by atoms with Crippen molar-refractivity contribution in [1.82, 2.24) is 0 Å². The van der Waals surface area contributed by atoms with Crippen LogP contribution in [0, 0.1) is 6.92 Å². The van der Waals surface area contributed by atoms with Crippen molar-refractivity contribution in [3.05, 3.63) is 29.3 Å². The number of hydrogen-bond acceptors (Lipinski definition) is 1. The van der Waals surface area contributed by atoms with Crippen LogP contribution in [-0.4, -0.2) is 5.11 Å². The van der Waals surface area contributed by atoms with Crippen LogP contribution >= 0.6 is 23.2 Å². The van der Waals surface area contributed by atoms with Crippen molar-refractivity contribution in [3.8, 4) is 5.75 Å². The largest absolute Gasteiger partial charge is 0.508 e. The first kappa shape index (κ1) is 8.69. The summed E-state index contributed by atoms with van der Waals surface area (Å²) in [5, 5.41) is 9.24. The zero-order chi connectivity index (χ0) is 8.43. The first-order chi connectivity index (χ1) is 5.11. The zero-order valence-corrected chi connectivity index (χ0v) is 7.52. The molecule has 0 saturated heterocycles. The van der Waals surface area contributed by atoms with Crippen molar-refractivity contribution >= 4 is 23.2 Å². The average molecular weight is 191 g/mol. The fourth-order valence-corrected chi connectivity index (χ4v) is 1.20. The lowest BCUT2D eigenvalue weighted by Crippen LogP contribution is -1.83. The summed E-state index contributed by atoms with van der Waals surface area (Å²) < 4.78 is 0. The average Bonchev–Trinajstić information content (AvgIpc) is 1.94. The molecule has 0 aliphatic rings. The molecule has 1 rings (SSSR count). The van der Waals surface area contributed by atoms with Gasteiger partial charge in [0.15, 0.2) is 0 Å². The lowest BCUT2D eigenvalue weighted by atomic mass is 10.1. The maximum Gasteiger partial charge on any atom is 0.136 e. The molecule has 0 bridgehead atoms. The fraction of sp³-hybridized carbons (Fsp3) is 0.250. The Morgan fingerprint density at radius 3 is 2.45 bits per heavy atom. The van der Waals surface area contributed by atoms with E-state index in [1.807, 2.05) is 6.92 Å². The van der Waals surface area contributed by atoms with Crippen LogP contribution in [0.15, 0.2) is 18.2 Å². The minimum absolute atomic E-state index is 0.144. The molecule has 11 heavy (non-hydrogen) atoms. The second kappa shape index (κ2) is 3.33. The van der Waals surface area contributed by atoms with E-state index in [2.05, 4.69) is 0 Å². The second-order valence-electron chi connectivity index (χ2n) is 2.36. The van der Waals surface area contributed by atoms with Gasteiger partial charge in [-0.15, -0.1) is 0 Å². The van der Waals surface area contributed by atoms with E-state index < -0.39 is 4.84 Å². The minimum atomic E-state index is -0.658. The van der Waals surface area contributed by atoms with Crippen LogP contribution in [-0.2, 0) is 0 Å². The Morgan fingerprint density at radius 2 is 2.00 bits per heavy atom. The van der Waals surface area contributed by atoms with Gasteiger partial charge < -0.3 is 5.11 Å². The van der Waals surface area contributed by atoms with Crippen molar-refractivity contribution in [2.75, 3.05) is 0 Å². The number of phenolic OH excluding ortho intramolecular Hbond substituents is 1. The molecule has 1 aromatic carbocycles. The van der Waals surface area contributed by atoms with Gasteiger partial charge in [0.2, 0.25) is 0 Å². The van der Waals surface area contributed by atoms with Crippen LogP contribution < -0.4 is 0 Å². The van der Waals surface area contributed by atoms with Gasteiger partial charge in [0.05, 0.1) is 0 Å². The molecule has 0 fully saturated rings. The highest BCUT2D eigenvalue weighted by atomic mass is 35.5. The third kappa shape index (κ3) is 2.01. The number of aryl methyl sites for hydroxylation is 1. The molecule has 0 radical (unpaired) electrons. The highest BCUT2D eigenvalue weighted by molar-refractivity contribution is 6.44. The summed E-state index contributed by atoms with van der Waals surface area (Å²) in [6.45, 7) is 1.92. The quantitative estimate of drug-likeness (QED) is 0.676. The Bertz CT molecular complexity index is 258. The second-order valence-corrected chi connectivity index (χ2v) is 3.46. The number of aromatic hydroxyl groups is 1. The molecule has 0 saturated carbocycles. The zero-order valence-electron chi connectivity index (χ0n) is 6.01. The lowest BCUT2D eigenvalue weighted by molar-refractivity contribution is 0.470. The molecule has 1 nitrogen and oxygen atoms in total. The first-order valence-corrected chi connectivity index (χ1v) is 4.06. The molecule has 0 amide bonds. The number of benzene rings is 1. The van der Waals surface area contributed by atoms with Crippen LogP contribution in [0.3, 0.4) is 0 Å². The Labute approximate surface area is 75.6 Å². The predicted octanol–water partition coefficient (Wildman–Crippen LogP) is 3.18. The normalized spacial score (nSPS) is 10.5. The summed E-state index contributed by atoms with van der Waals surface area (Å²) in [5.41, 5.74) is 1.59. The summed E-state index contributed by atoms with van der Waals surface area (Å²) in [7, 11) is 0. The van der Waals surface area contributed by atoms with E-state index in [0.29, 0.717) is 5.56 Å². The first-order valence-electron chi connectivity index (χ1n) is 3.19. The molecule has 0 heterocycles. The Morgan fingerprint density at radius 1 is 1.36 bits per heavy atom. The summed E-state index contributed by atoms with van der Waals surface area (Å²) in [4.78, 5) is -0.658. The highest BCUT2D eigenvalue weighted by Crippen LogP contribution is 2.32. The van der Waals surface area contributed by atoms with E-state index in [0.717, 1.165) is 5.56 Å². The maximum absolute atomic E-state index is 9.24. The molecular formula is C8H8Cl2O. The van der Waals surface area contributed by atoms with Gasteiger partial charge in [-0.25, -0.2) is 0 Å². The van der Waals surface area contributed by atoms with Crippen LogP contribution in [0.1, 0.15) is 16.0 Å². The van der Waals surface area contributed by atoms with Crippen LogP contribution in [0.25, 0.3) is 0 Å². The van der Waals surface area contributed by atoms with Gasteiger partial charge in [-0.1, -0.05) is 34.8 Å². The maximum atomic E-state index is 9.24. The molecule has 0 aliphatic carbocycles. The highest BCUT2D eigenvalue weighted by Gasteiger charge is 2.08. The number of halogens is 2.